The topological polar surface area (TPSA) is 83.1 Å². The van der Waals surface area contributed by atoms with Gasteiger partial charge in [-0.2, -0.15) is 0 Å². The number of carbonyl (C=O) groups excluding carboxylic acids is 2. The van der Waals surface area contributed by atoms with Crippen molar-refractivity contribution in [1.82, 2.24) is 0 Å². The van der Waals surface area contributed by atoms with Crippen molar-refractivity contribution in [3.8, 4) is 17.2 Å². The number of benzene rings is 2. The van der Waals surface area contributed by atoms with Crippen LogP contribution in [0.1, 0.15) is 17.3 Å². The largest absolute Gasteiger partial charge is 0.493 e. The van der Waals surface area contributed by atoms with E-state index in [2.05, 4.69) is 26.0 Å². The van der Waals surface area contributed by atoms with Crippen molar-refractivity contribution in [2.24, 2.45) is 0 Å². The number of anilines is 1. The number of esters is 1. The second-order valence-electron chi connectivity index (χ2n) is 5.46. The molecule has 0 saturated carbocycles. The Morgan fingerprint density at radius 1 is 0.963 bits per heavy atom. The minimum absolute atomic E-state index is 0.342. The average Bonchev–Trinajstić information content (AvgIpc) is 2.68. The van der Waals surface area contributed by atoms with E-state index in [0.717, 1.165) is 0 Å². The first-order chi connectivity index (χ1) is 12.9. The fraction of sp³-hybridized carbons (Fsp3) is 0.263. The van der Waals surface area contributed by atoms with Gasteiger partial charge in [-0.3, -0.25) is 4.79 Å². The zero-order valence-electron chi connectivity index (χ0n) is 15.4. The summed E-state index contributed by atoms with van der Waals surface area (Å²) in [6.07, 6.45) is -0.779. The van der Waals surface area contributed by atoms with Crippen LogP contribution in [-0.2, 0) is 9.53 Å². The summed E-state index contributed by atoms with van der Waals surface area (Å²) in [7, 11) is 4.36. The number of carbonyl (C=O) groups is 2. The van der Waals surface area contributed by atoms with Gasteiger partial charge in [0.25, 0.3) is 5.91 Å². The van der Waals surface area contributed by atoms with Crippen LogP contribution in [0.15, 0.2) is 40.9 Å². The second kappa shape index (κ2) is 9.27. The van der Waals surface area contributed by atoms with Gasteiger partial charge < -0.3 is 24.3 Å². The number of hydrogen-bond donors (Lipinski definition) is 1. The Kier molecular flexibility index (Phi) is 7.06. The van der Waals surface area contributed by atoms with Crippen LogP contribution < -0.4 is 19.5 Å². The highest BCUT2D eigenvalue weighted by Crippen LogP contribution is 2.30. The standard InChI is InChI=1S/C19H20BrNO6/c1-11(27-15-7-5-12(9-14(15)20)19(23)26-4)18(22)21-13-6-8-16(24-2)17(10-13)25-3/h5-11H,1-4H3,(H,21,22). The van der Waals surface area contributed by atoms with Crippen molar-refractivity contribution in [2.45, 2.75) is 13.0 Å². The Labute approximate surface area is 165 Å². The summed E-state index contributed by atoms with van der Waals surface area (Å²) in [6.45, 7) is 1.62. The molecule has 144 valence electrons. The Morgan fingerprint density at radius 2 is 1.63 bits per heavy atom. The molecule has 0 fully saturated rings. The first kappa shape index (κ1) is 20.6. The van der Waals surface area contributed by atoms with Crippen LogP contribution in [0.25, 0.3) is 0 Å². The fourth-order valence-corrected chi connectivity index (χ4v) is 2.72. The van der Waals surface area contributed by atoms with Gasteiger partial charge in [0.15, 0.2) is 17.6 Å². The Bertz CT molecular complexity index is 839. The number of ether oxygens (including phenoxy) is 4. The van der Waals surface area contributed by atoms with Crippen molar-refractivity contribution in [2.75, 3.05) is 26.6 Å². The van der Waals surface area contributed by atoms with E-state index in [1.807, 2.05) is 0 Å². The van der Waals surface area contributed by atoms with E-state index in [-0.39, 0.29) is 5.91 Å². The van der Waals surface area contributed by atoms with Crippen LogP contribution in [-0.4, -0.2) is 39.3 Å². The van der Waals surface area contributed by atoms with Crippen LogP contribution in [0.5, 0.6) is 17.2 Å². The highest BCUT2D eigenvalue weighted by Gasteiger charge is 2.18. The summed E-state index contributed by atoms with van der Waals surface area (Å²) < 4.78 is 21.3. The molecule has 7 nitrogen and oxygen atoms in total. The van der Waals surface area contributed by atoms with Crippen molar-refractivity contribution in [3.05, 3.63) is 46.4 Å². The summed E-state index contributed by atoms with van der Waals surface area (Å²) >= 11 is 3.33. The van der Waals surface area contributed by atoms with Crippen molar-refractivity contribution < 1.29 is 28.5 Å². The third-order valence-corrected chi connectivity index (χ3v) is 4.30. The molecule has 1 atom stereocenters. The number of halogens is 1. The van der Waals surface area contributed by atoms with Crippen LogP contribution in [0.3, 0.4) is 0 Å². The third kappa shape index (κ3) is 5.13. The minimum atomic E-state index is -0.779. The predicted octanol–water partition coefficient (Wildman–Crippen LogP) is 3.66. The molecular weight excluding hydrogens is 418 g/mol. The molecular formula is C19H20BrNO6. The molecule has 0 saturated heterocycles. The van der Waals surface area contributed by atoms with Gasteiger partial charge in [-0.1, -0.05) is 0 Å². The molecule has 1 N–H and O–H groups in total. The summed E-state index contributed by atoms with van der Waals surface area (Å²) in [5, 5.41) is 2.76. The summed E-state index contributed by atoms with van der Waals surface area (Å²) in [5.41, 5.74) is 0.923. The van der Waals surface area contributed by atoms with Gasteiger partial charge in [0.1, 0.15) is 5.75 Å². The lowest BCUT2D eigenvalue weighted by Crippen LogP contribution is -2.30. The molecule has 0 bridgehead atoms. The number of hydrogen-bond acceptors (Lipinski definition) is 6. The van der Waals surface area contributed by atoms with Crippen molar-refractivity contribution in [3.63, 3.8) is 0 Å². The van der Waals surface area contributed by atoms with E-state index >= 15 is 0 Å². The molecule has 0 aromatic heterocycles. The molecule has 0 aliphatic rings. The summed E-state index contributed by atoms with van der Waals surface area (Å²) in [5.74, 6) is 0.699. The van der Waals surface area contributed by atoms with E-state index < -0.39 is 12.1 Å². The van der Waals surface area contributed by atoms with Crippen LogP contribution in [0, 0.1) is 0 Å². The molecule has 0 heterocycles. The summed E-state index contributed by atoms with van der Waals surface area (Å²) in [6, 6.07) is 9.78. The monoisotopic (exact) mass is 437 g/mol. The molecule has 0 spiro atoms. The van der Waals surface area contributed by atoms with Crippen molar-refractivity contribution >= 4 is 33.5 Å². The molecule has 8 heteroatoms. The normalized spacial score (nSPS) is 11.3. The van der Waals surface area contributed by atoms with Gasteiger partial charge in [0.2, 0.25) is 0 Å². The fourth-order valence-electron chi connectivity index (χ4n) is 2.24. The van der Waals surface area contributed by atoms with Gasteiger partial charge in [-0.25, -0.2) is 4.79 Å². The maximum Gasteiger partial charge on any atom is 0.337 e. The van der Waals surface area contributed by atoms with Crippen LogP contribution >= 0.6 is 15.9 Å². The first-order valence-corrected chi connectivity index (χ1v) is 8.76. The number of nitrogens with one attached hydrogen (secondary N) is 1. The van der Waals surface area contributed by atoms with E-state index in [1.54, 1.807) is 43.3 Å². The molecule has 0 radical (unpaired) electrons. The van der Waals surface area contributed by atoms with E-state index in [0.29, 0.717) is 33.0 Å². The van der Waals surface area contributed by atoms with Crippen LogP contribution in [0.2, 0.25) is 0 Å². The van der Waals surface area contributed by atoms with Gasteiger partial charge >= 0.3 is 5.97 Å². The first-order valence-electron chi connectivity index (χ1n) is 7.97. The van der Waals surface area contributed by atoms with Gasteiger partial charge in [-0.15, -0.1) is 0 Å². The summed E-state index contributed by atoms with van der Waals surface area (Å²) in [4.78, 5) is 23.9. The van der Waals surface area contributed by atoms with Gasteiger partial charge in [0.05, 0.1) is 31.4 Å². The van der Waals surface area contributed by atoms with E-state index in [4.69, 9.17) is 14.2 Å². The quantitative estimate of drug-likeness (QED) is 0.665. The Morgan fingerprint density at radius 3 is 2.22 bits per heavy atom. The zero-order chi connectivity index (χ0) is 20.0. The zero-order valence-corrected chi connectivity index (χ0v) is 17.0. The molecule has 2 aromatic rings. The van der Waals surface area contributed by atoms with E-state index in [9.17, 15) is 9.59 Å². The smallest absolute Gasteiger partial charge is 0.337 e. The number of rotatable bonds is 7. The number of methoxy groups -OCH3 is 3. The molecule has 0 aliphatic carbocycles. The lowest BCUT2D eigenvalue weighted by Gasteiger charge is -2.17. The highest BCUT2D eigenvalue weighted by molar-refractivity contribution is 9.10. The highest BCUT2D eigenvalue weighted by atomic mass is 79.9. The average molecular weight is 438 g/mol. The second-order valence-corrected chi connectivity index (χ2v) is 6.31. The predicted molar refractivity (Wildman–Crippen MR) is 104 cm³/mol. The molecule has 0 aliphatic heterocycles. The Balaban J connectivity index is 2.06. The van der Waals surface area contributed by atoms with E-state index in [1.165, 1.54) is 21.3 Å². The lowest BCUT2D eigenvalue weighted by atomic mass is 10.2. The van der Waals surface area contributed by atoms with Crippen LogP contribution in [0.4, 0.5) is 5.69 Å². The molecule has 2 rings (SSSR count). The maximum absolute atomic E-state index is 12.4. The molecule has 2 aromatic carbocycles. The third-order valence-electron chi connectivity index (χ3n) is 3.68. The lowest BCUT2D eigenvalue weighted by molar-refractivity contribution is -0.122. The molecule has 1 unspecified atom stereocenters. The molecule has 1 amide bonds. The van der Waals surface area contributed by atoms with Gasteiger partial charge in [0, 0.05) is 11.8 Å². The number of amides is 1. The SMILES string of the molecule is COC(=O)c1ccc(OC(C)C(=O)Nc2ccc(OC)c(OC)c2)c(Br)c1. The van der Waals surface area contributed by atoms with Gasteiger partial charge in [-0.05, 0) is 53.2 Å². The minimum Gasteiger partial charge on any atom is -0.493 e. The maximum atomic E-state index is 12.4. The molecule has 27 heavy (non-hydrogen) atoms. The van der Waals surface area contributed by atoms with Crippen molar-refractivity contribution in [1.29, 1.82) is 0 Å². The Hall–Kier alpha value is -2.74.